The lowest BCUT2D eigenvalue weighted by Crippen LogP contribution is -2.03. The Bertz CT molecular complexity index is 790. The second-order valence-corrected chi connectivity index (χ2v) is 4.61. The van der Waals surface area contributed by atoms with Crippen LogP contribution in [0.4, 0.5) is 0 Å². The minimum atomic E-state index is -0.425. The Hall–Kier alpha value is -2.62. The fraction of sp³-hybridized carbons (Fsp3) is 0.125. The Morgan fingerprint density at radius 1 is 1.15 bits per heavy atom. The molecule has 0 amide bonds. The van der Waals surface area contributed by atoms with Crippen molar-refractivity contribution in [1.82, 2.24) is 9.97 Å². The molecular formula is C16H14N2O2. The van der Waals surface area contributed by atoms with Gasteiger partial charge in [-0.1, -0.05) is 36.4 Å². The first-order chi connectivity index (χ1) is 9.69. The van der Waals surface area contributed by atoms with Crippen LogP contribution >= 0.6 is 0 Å². The molecule has 3 rings (SSSR count). The van der Waals surface area contributed by atoms with Gasteiger partial charge in [-0.2, -0.15) is 0 Å². The van der Waals surface area contributed by atoms with Crippen LogP contribution in [-0.2, 0) is 4.74 Å². The van der Waals surface area contributed by atoms with E-state index in [2.05, 4.69) is 28.2 Å². The van der Waals surface area contributed by atoms with Crippen molar-refractivity contribution in [3.8, 4) is 11.4 Å². The molecule has 0 bridgehead atoms. The van der Waals surface area contributed by atoms with Crippen LogP contribution in [0.15, 0.2) is 42.5 Å². The normalized spacial score (nSPS) is 10.7. The molecule has 2 aromatic carbocycles. The molecular weight excluding hydrogens is 252 g/mol. The number of H-pyrrole nitrogens is 1. The van der Waals surface area contributed by atoms with E-state index in [0.717, 1.165) is 10.9 Å². The predicted octanol–water partition coefficient (Wildman–Crippen LogP) is 3.32. The Balaban J connectivity index is 2.09. The van der Waals surface area contributed by atoms with Crippen LogP contribution < -0.4 is 0 Å². The van der Waals surface area contributed by atoms with Gasteiger partial charge in [0.25, 0.3) is 0 Å². The summed E-state index contributed by atoms with van der Waals surface area (Å²) >= 11 is 0. The molecule has 3 aromatic rings. The molecule has 0 spiro atoms. The van der Waals surface area contributed by atoms with Crippen molar-refractivity contribution in [2.45, 2.75) is 6.92 Å². The Kier molecular flexibility index (Phi) is 2.99. The highest BCUT2D eigenvalue weighted by Gasteiger charge is 2.15. The van der Waals surface area contributed by atoms with Crippen LogP contribution in [0.5, 0.6) is 0 Å². The van der Waals surface area contributed by atoms with Crippen molar-refractivity contribution in [3.63, 3.8) is 0 Å². The maximum absolute atomic E-state index is 11.6. The van der Waals surface area contributed by atoms with Crippen LogP contribution in [0, 0.1) is 6.92 Å². The van der Waals surface area contributed by atoms with Crippen molar-refractivity contribution in [2.24, 2.45) is 0 Å². The molecule has 0 aliphatic carbocycles. The van der Waals surface area contributed by atoms with Crippen molar-refractivity contribution in [2.75, 3.05) is 7.11 Å². The monoisotopic (exact) mass is 266 g/mol. The molecule has 0 aliphatic rings. The van der Waals surface area contributed by atoms with Gasteiger partial charge in [0.2, 0.25) is 0 Å². The number of aryl methyl sites for hydroxylation is 1. The van der Waals surface area contributed by atoms with Crippen molar-refractivity contribution < 1.29 is 9.53 Å². The number of aromatic amines is 1. The smallest absolute Gasteiger partial charge is 0.358 e. The zero-order valence-corrected chi connectivity index (χ0v) is 11.3. The molecule has 0 fully saturated rings. The largest absolute Gasteiger partial charge is 0.464 e. The molecule has 1 N–H and O–H groups in total. The highest BCUT2D eigenvalue weighted by atomic mass is 16.5. The number of imidazole rings is 1. The average molecular weight is 266 g/mol. The average Bonchev–Trinajstić information content (AvgIpc) is 2.88. The summed E-state index contributed by atoms with van der Waals surface area (Å²) in [6, 6.07) is 14.2. The first-order valence-electron chi connectivity index (χ1n) is 6.33. The van der Waals surface area contributed by atoms with E-state index in [9.17, 15) is 4.79 Å². The summed E-state index contributed by atoms with van der Waals surface area (Å²) in [7, 11) is 1.35. The van der Waals surface area contributed by atoms with E-state index < -0.39 is 5.97 Å². The number of nitrogens with one attached hydrogen (secondary N) is 1. The molecule has 0 saturated carbocycles. The molecule has 0 radical (unpaired) electrons. The second-order valence-electron chi connectivity index (χ2n) is 4.61. The SMILES string of the molecule is COC(=O)c1nc(-c2ccc3ccccc3c2)[nH]c1C. The molecule has 1 aromatic heterocycles. The highest BCUT2D eigenvalue weighted by molar-refractivity contribution is 5.90. The van der Waals surface area contributed by atoms with Crippen LogP contribution in [0.3, 0.4) is 0 Å². The standard InChI is InChI=1S/C16H14N2O2/c1-10-14(16(19)20-2)18-15(17-10)13-8-7-11-5-3-4-6-12(11)9-13/h3-9H,1-2H3,(H,17,18). The van der Waals surface area contributed by atoms with Gasteiger partial charge < -0.3 is 9.72 Å². The molecule has 0 aliphatic heterocycles. The topological polar surface area (TPSA) is 55.0 Å². The third-order valence-corrected chi connectivity index (χ3v) is 3.29. The van der Waals surface area contributed by atoms with Crippen LogP contribution in [0.1, 0.15) is 16.2 Å². The van der Waals surface area contributed by atoms with Crippen molar-refractivity contribution in [1.29, 1.82) is 0 Å². The molecule has 4 nitrogen and oxygen atoms in total. The number of ether oxygens (including phenoxy) is 1. The number of rotatable bonds is 2. The van der Waals surface area contributed by atoms with Crippen molar-refractivity contribution in [3.05, 3.63) is 53.9 Å². The number of benzene rings is 2. The summed E-state index contributed by atoms with van der Waals surface area (Å²) in [5, 5.41) is 2.31. The lowest BCUT2D eigenvalue weighted by atomic mass is 10.1. The first kappa shape index (κ1) is 12.4. The van der Waals surface area contributed by atoms with Crippen molar-refractivity contribution >= 4 is 16.7 Å². The fourth-order valence-corrected chi connectivity index (χ4v) is 2.23. The predicted molar refractivity (Wildman–Crippen MR) is 77.6 cm³/mol. The summed E-state index contributed by atoms with van der Waals surface area (Å²) < 4.78 is 4.72. The van der Waals surface area contributed by atoms with Gasteiger partial charge in [0.05, 0.1) is 7.11 Å². The summed E-state index contributed by atoms with van der Waals surface area (Å²) in [4.78, 5) is 19.0. The van der Waals surface area contributed by atoms with Gasteiger partial charge in [0.15, 0.2) is 5.69 Å². The molecule has 20 heavy (non-hydrogen) atoms. The number of nitrogens with zero attached hydrogens (tertiary/aromatic N) is 1. The van der Waals surface area contributed by atoms with E-state index in [1.807, 2.05) is 31.2 Å². The number of methoxy groups -OCH3 is 1. The highest BCUT2D eigenvalue weighted by Crippen LogP contribution is 2.23. The van der Waals surface area contributed by atoms with Gasteiger partial charge in [-0.25, -0.2) is 9.78 Å². The molecule has 4 heteroatoms. The fourth-order valence-electron chi connectivity index (χ4n) is 2.23. The number of aromatic nitrogens is 2. The van der Waals surface area contributed by atoms with Gasteiger partial charge in [-0.05, 0) is 23.8 Å². The van der Waals surface area contributed by atoms with Crippen LogP contribution in [0.25, 0.3) is 22.2 Å². The molecule has 0 unspecified atom stereocenters. The Morgan fingerprint density at radius 3 is 2.65 bits per heavy atom. The number of hydrogen-bond donors (Lipinski definition) is 1. The Morgan fingerprint density at radius 2 is 1.90 bits per heavy atom. The lowest BCUT2D eigenvalue weighted by Gasteiger charge is -2.00. The molecule has 0 saturated heterocycles. The number of carbonyl (C=O) groups excluding carboxylic acids is 1. The molecule has 100 valence electrons. The van der Waals surface area contributed by atoms with Crippen LogP contribution in [-0.4, -0.2) is 23.0 Å². The van der Waals surface area contributed by atoms with Gasteiger partial charge in [0.1, 0.15) is 5.82 Å². The van der Waals surface area contributed by atoms with E-state index in [1.165, 1.54) is 12.5 Å². The number of esters is 1. The zero-order valence-electron chi connectivity index (χ0n) is 11.3. The first-order valence-corrected chi connectivity index (χ1v) is 6.33. The number of hydrogen-bond acceptors (Lipinski definition) is 3. The summed E-state index contributed by atoms with van der Waals surface area (Å²) in [6.45, 7) is 1.81. The number of fused-ring (bicyclic) bond motifs is 1. The molecule has 0 atom stereocenters. The van der Waals surface area contributed by atoms with Gasteiger partial charge in [-0.3, -0.25) is 0 Å². The summed E-state index contributed by atoms with van der Waals surface area (Å²) in [5.74, 6) is 0.249. The van der Waals surface area contributed by atoms with E-state index >= 15 is 0 Å². The summed E-state index contributed by atoms with van der Waals surface area (Å²) in [6.07, 6.45) is 0. The van der Waals surface area contributed by atoms with Crippen LogP contribution in [0.2, 0.25) is 0 Å². The van der Waals surface area contributed by atoms with Gasteiger partial charge in [-0.15, -0.1) is 0 Å². The third kappa shape index (κ3) is 2.05. The second kappa shape index (κ2) is 4.81. The van der Waals surface area contributed by atoms with Gasteiger partial charge in [0, 0.05) is 11.3 Å². The quantitative estimate of drug-likeness (QED) is 0.724. The van der Waals surface area contributed by atoms with E-state index in [-0.39, 0.29) is 0 Å². The number of carbonyl (C=O) groups is 1. The minimum Gasteiger partial charge on any atom is -0.464 e. The zero-order chi connectivity index (χ0) is 14.1. The third-order valence-electron chi connectivity index (χ3n) is 3.29. The molecule has 1 heterocycles. The van der Waals surface area contributed by atoms with E-state index in [1.54, 1.807) is 0 Å². The maximum Gasteiger partial charge on any atom is 0.358 e. The minimum absolute atomic E-state index is 0.329. The Labute approximate surface area is 116 Å². The maximum atomic E-state index is 11.6. The summed E-state index contributed by atoms with van der Waals surface area (Å²) in [5.41, 5.74) is 1.98. The van der Waals surface area contributed by atoms with E-state index in [0.29, 0.717) is 17.2 Å². The van der Waals surface area contributed by atoms with Gasteiger partial charge >= 0.3 is 5.97 Å². The van der Waals surface area contributed by atoms with E-state index in [4.69, 9.17) is 4.74 Å². The lowest BCUT2D eigenvalue weighted by molar-refractivity contribution is 0.0594.